The summed E-state index contributed by atoms with van der Waals surface area (Å²) in [6.45, 7) is 0.0216. The highest BCUT2D eigenvalue weighted by atomic mass is 79.9. The highest BCUT2D eigenvalue weighted by Crippen LogP contribution is 2.35. The minimum atomic E-state index is -0.513. The van der Waals surface area contributed by atoms with E-state index in [0.717, 1.165) is 32.1 Å². The molecule has 0 saturated heterocycles. The number of nitro benzene ring substituents is 1. The first-order valence-electron chi connectivity index (χ1n) is 12.3. The van der Waals surface area contributed by atoms with Crippen molar-refractivity contribution in [2.75, 3.05) is 0 Å². The van der Waals surface area contributed by atoms with Gasteiger partial charge in [-0.05, 0) is 37.1 Å². The number of aromatic nitrogens is 2. The average molecular weight is 596 g/mol. The lowest BCUT2D eigenvalue weighted by atomic mass is 9.88. The number of fused-ring (bicyclic) bond motifs is 1. The van der Waals surface area contributed by atoms with Crippen LogP contribution in [0.1, 0.15) is 55.0 Å². The molecule has 1 heterocycles. The van der Waals surface area contributed by atoms with E-state index in [0.29, 0.717) is 37.3 Å². The van der Waals surface area contributed by atoms with Gasteiger partial charge in [-0.25, -0.2) is 4.98 Å². The van der Waals surface area contributed by atoms with E-state index in [1.807, 2.05) is 18.2 Å². The molecule has 194 valence electrons. The van der Waals surface area contributed by atoms with Crippen LogP contribution in [0.4, 0.5) is 5.69 Å². The molecule has 10 heteroatoms. The fourth-order valence-corrected chi connectivity index (χ4v) is 5.41. The van der Waals surface area contributed by atoms with Gasteiger partial charge < -0.3 is 4.74 Å². The highest BCUT2D eigenvalue weighted by Gasteiger charge is 2.24. The molecule has 0 N–H and O–H groups in total. The van der Waals surface area contributed by atoms with Gasteiger partial charge in [0.1, 0.15) is 12.4 Å². The Morgan fingerprint density at radius 2 is 1.87 bits per heavy atom. The lowest BCUT2D eigenvalue weighted by Crippen LogP contribution is -2.25. The van der Waals surface area contributed by atoms with Crippen LogP contribution in [-0.2, 0) is 6.61 Å². The molecule has 38 heavy (non-hydrogen) atoms. The number of hydrogen-bond donors (Lipinski definition) is 0. The van der Waals surface area contributed by atoms with Crippen LogP contribution in [0.3, 0.4) is 0 Å². The third-order valence-electron chi connectivity index (χ3n) is 6.65. The number of halogens is 2. The van der Waals surface area contributed by atoms with Gasteiger partial charge in [0.05, 0.1) is 22.0 Å². The summed E-state index contributed by atoms with van der Waals surface area (Å²) in [5.74, 6) is 0.738. The van der Waals surface area contributed by atoms with Gasteiger partial charge in [0, 0.05) is 32.6 Å². The van der Waals surface area contributed by atoms with Crippen molar-refractivity contribution in [1.82, 2.24) is 9.66 Å². The number of nitro groups is 1. The van der Waals surface area contributed by atoms with E-state index >= 15 is 0 Å². The Kier molecular flexibility index (Phi) is 7.85. The van der Waals surface area contributed by atoms with Crippen molar-refractivity contribution in [2.45, 2.75) is 44.6 Å². The zero-order valence-corrected chi connectivity index (χ0v) is 22.7. The zero-order valence-electron chi connectivity index (χ0n) is 20.3. The van der Waals surface area contributed by atoms with Gasteiger partial charge in [-0.3, -0.25) is 14.9 Å². The van der Waals surface area contributed by atoms with Crippen LogP contribution in [0.2, 0.25) is 5.02 Å². The minimum absolute atomic E-state index is 0.0216. The Balaban J connectivity index is 1.61. The Hall–Kier alpha value is -3.56. The molecule has 1 fully saturated rings. The summed E-state index contributed by atoms with van der Waals surface area (Å²) >= 11 is 9.61. The molecule has 0 bridgehead atoms. The van der Waals surface area contributed by atoms with Gasteiger partial charge in [0.15, 0.2) is 0 Å². The topological polar surface area (TPSA) is 99.6 Å². The summed E-state index contributed by atoms with van der Waals surface area (Å²) in [7, 11) is 0. The van der Waals surface area contributed by atoms with E-state index in [2.05, 4.69) is 21.0 Å². The minimum Gasteiger partial charge on any atom is -0.481 e. The van der Waals surface area contributed by atoms with E-state index in [9.17, 15) is 14.9 Å². The summed E-state index contributed by atoms with van der Waals surface area (Å²) in [6, 6.07) is 17.4. The fraction of sp³-hybridized carbons (Fsp3) is 0.250. The number of rotatable bonds is 7. The SMILES string of the molecule is O=c1c2ccccc2nc(C2CCCCC2)n1N=Cc1cc(Br)cc([N+](=O)[O-])c1OCc1ccccc1Cl. The Morgan fingerprint density at radius 3 is 2.63 bits per heavy atom. The molecule has 1 aliphatic rings. The zero-order chi connectivity index (χ0) is 26.6. The number of ether oxygens (including phenoxy) is 1. The summed E-state index contributed by atoms with van der Waals surface area (Å²) < 4.78 is 7.76. The fourth-order valence-electron chi connectivity index (χ4n) is 4.75. The predicted molar refractivity (Wildman–Crippen MR) is 151 cm³/mol. The van der Waals surface area contributed by atoms with Gasteiger partial charge in [-0.2, -0.15) is 9.78 Å². The van der Waals surface area contributed by atoms with Crippen molar-refractivity contribution in [3.05, 3.63) is 108 Å². The quantitative estimate of drug-likeness (QED) is 0.127. The molecule has 1 aromatic heterocycles. The van der Waals surface area contributed by atoms with Crippen LogP contribution in [0, 0.1) is 10.1 Å². The van der Waals surface area contributed by atoms with Crippen molar-refractivity contribution in [3.63, 3.8) is 0 Å². The summed E-state index contributed by atoms with van der Waals surface area (Å²) in [6.07, 6.45) is 6.56. The summed E-state index contributed by atoms with van der Waals surface area (Å²) in [4.78, 5) is 29.8. The Labute approximate surface area is 232 Å². The van der Waals surface area contributed by atoms with E-state index < -0.39 is 4.92 Å². The second kappa shape index (κ2) is 11.4. The van der Waals surface area contributed by atoms with E-state index in [1.54, 1.807) is 36.4 Å². The molecule has 1 saturated carbocycles. The second-order valence-corrected chi connectivity index (χ2v) is 10.5. The maximum atomic E-state index is 13.5. The van der Waals surface area contributed by atoms with E-state index in [-0.39, 0.29) is 29.5 Å². The molecule has 0 amide bonds. The van der Waals surface area contributed by atoms with Gasteiger partial charge in [-0.1, -0.05) is 77.1 Å². The van der Waals surface area contributed by atoms with Crippen LogP contribution >= 0.6 is 27.5 Å². The molecule has 0 unspecified atom stereocenters. The molecule has 8 nitrogen and oxygen atoms in total. The first-order valence-corrected chi connectivity index (χ1v) is 13.5. The molecular formula is C28H24BrClN4O4. The average Bonchev–Trinajstić information content (AvgIpc) is 2.92. The van der Waals surface area contributed by atoms with Crippen LogP contribution in [0.25, 0.3) is 10.9 Å². The predicted octanol–water partition coefficient (Wildman–Crippen LogP) is 7.23. The van der Waals surface area contributed by atoms with E-state index in [1.165, 1.54) is 17.0 Å². The van der Waals surface area contributed by atoms with E-state index in [4.69, 9.17) is 21.3 Å². The van der Waals surface area contributed by atoms with Crippen molar-refractivity contribution < 1.29 is 9.66 Å². The van der Waals surface area contributed by atoms with Crippen molar-refractivity contribution in [2.24, 2.45) is 5.10 Å². The molecular weight excluding hydrogens is 572 g/mol. The van der Waals surface area contributed by atoms with Gasteiger partial charge in [0.25, 0.3) is 5.56 Å². The third-order valence-corrected chi connectivity index (χ3v) is 7.48. The molecule has 3 aromatic carbocycles. The van der Waals surface area contributed by atoms with Crippen LogP contribution < -0.4 is 10.3 Å². The molecule has 0 spiro atoms. The summed E-state index contributed by atoms with van der Waals surface area (Å²) in [5, 5.41) is 17.4. The lowest BCUT2D eigenvalue weighted by molar-refractivity contribution is -0.386. The second-order valence-electron chi connectivity index (χ2n) is 9.16. The number of para-hydroxylation sites is 1. The smallest absolute Gasteiger partial charge is 0.312 e. The Morgan fingerprint density at radius 1 is 1.13 bits per heavy atom. The van der Waals surface area contributed by atoms with Crippen molar-refractivity contribution >= 4 is 50.3 Å². The first-order chi connectivity index (χ1) is 18.4. The van der Waals surface area contributed by atoms with Crippen molar-refractivity contribution in [3.8, 4) is 5.75 Å². The van der Waals surface area contributed by atoms with Gasteiger partial charge >= 0.3 is 5.69 Å². The maximum absolute atomic E-state index is 13.5. The maximum Gasteiger partial charge on any atom is 0.312 e. The van der Waals surface area contributed by atoms with Gasteiger partial charge in [0.2, 0.25) is 5.75 Å². The number of benzene rings is 3. The monoisotopic (exact) mass is 594 g/mol. The highest BCUT2D eigenvalue weighted by molar-refractivity contribution is 9.10. The standard InChI is InChI=1S/C28H24BrClN4O4/c29-21-14-20(26(25(15-21)34(36)37)38-17-19-10-4-6-12-23(19)30)16-31-33-27(18-8-2-1-3-9-18)32-24-13-7-5-11-22(24)28(33)35/h4-7,10-16,18H,1-3,8-9,17H2. The molecule has 0 radical (unpaired) electrons. The summed E-state index contributed by atoms with van der Waals surface area (Å²) in [5.41, 5.74) is 1.14. The van der Waals surface area contributed by atoms with Gasteiger partial charge in [-0.15, -0.1) is 0 Å². The molecule has 0 aliphatic heterocycles. The molecule has 4 aromatic rings. The Bertz CT molecular complexity index is 1600. The number of nitrogens with zero attached hydrogens (tertiary/aromatic N) is 4. The van der Waals surface area contributed by atoms with Crippen LogP contribution in [-0.4, -0.2) is 20.8 Å². The third kappa shape index (κ3) is 5.49. The van der Waals surface area contributed by atoms with Crippen LogP contribution in [0.5, 0.6) is 5.75 Å². The lowest BCUT2D eigenvalue weighted by Gasteiger charge is -2.22. The first kappa shape index (κ1) is 26.1. The largest absolute Gasteiger partial charge is 0.481 e. The van der Waals surface area contributed by atoms with Crippen molar-refractivity contribution in [1.29, 1.82) is 0 Å². The molecule has 5 rings (SSSR count). The molecule has 0 atom stereocenters. The normalized spacial score (nSPS) is 14.3. The van der Waals surface area contributed by atoms with Crippen LogP contribution in [0.15, 0.2) is 75.0 Å². The number of hydrogen-bond acceptors (Lipinski definition) is 6. The molecule has 1 aliphatic carbocycles.